The molecule has 5 nitrogen and oxygen atoms in total. The van der Waals surface area contributed by atoms with E-state index in [-0.39, 0.29) is 28.5 Å². The summed E-state index contributed by atoms with van der Waals surface area (Å²) in [5.74, 6) is 0.0630. The maximum Gasteiger partial charge on any atom is 0.255 e. The highest BCUT2D eigenvalue weighted by Gasteiger charge is 2.37. The molecule has 2 aromatic rings. The van der Waals surface area contributed by atoms with Crippen LogP contribution in [0.15, 0.2) is 28.8 Å². The number of hydrogen-bond donors (Lipinski definition) is 0. The van der Waals surface area contributed by atoms with Crippen molar-refractivity contribution < 1.29 is 18.4 Å². The Kier molecular flexibility index (Phi) is 4.87. The molecule has 3 rings (SSSR count). The lowest BCUT2D eigenvalue weighted by molar-refractivity contribution is 0.0672. The fourth-order valence-electron chi connectivity index (χ4n) is 3.07. The zero-order valence-electron chi connectivity index (χ0n) is 13.5. The summed E-state index contributed by atoms with van der Waals surface area (Å²) in [7, 11) is 1.62. The van der Waals surface area contributed by atoms with Gasteiger partial charge in [0.1, 0.15) is 11.6 Å². The molecular formula is C17H18ClFN2O3. The Labute approximate surface area is 144 Å². The van der Waals surface area contributed by atoms with Crippen molar-refractivity contribution in [1.29, 1.82) is 0 Å². The Balaban J connectivity index is 1.75. The second-order valence-corrected chi connectivity index (χ2v) is 6.41. The molecule has 0 unspecified atom stereocenters. The Morgan fingerprint density at radius 1 is 1.46 bits per heavy atom. The topological polar surface area (TPSA) is 55.6 Å². The van der Waals surface area contributed by atoms with E-state index in [0.29, 0.717) is 19.5 Å². The van der Waals surface area contributed by atoms with Crippen LogP contribution in [0.3, 0.4) is 0 Å². The molecular weight excluding hydrogens is 335 g/mol. The van der Waals surface area contributed by atoms with Gasteiger partial charge >= 0.3 is 0 Å². The maximum atomic E-state index is 13.4. The molecule has 0 aliphatic carbocycles. The van der Waals surface area contributed by atoms with Gasteiger partial charge in [-0.25, -0.2) is 4.39 Å². The van der Waals surface area contributed by atoms with Gasteiger partial charge in [0.15, 0.2) is 0 Å². The summed E-state index contributed by atoms with van der Waals surface area (Å²) >= 11 is 6.04. The number of halogens is 2. The predicted octanol–water partition coefficient (Wildman–Crippen LogP) is 3.11. The van der Waals surface area contributed by atoms with Gasteiger partial charge in [0, 0.05) is 38.6 Å². The summed E-state index contributed by atoms with van der Waals surface area (Å²) in [6.07, 6.45) is 0.506. The second kappa shape index (κ2) is 6.91. The van der Waals surface area contributed by atoms with Gasteiger partial charge in [-0.3, -0.25) is 4.79 Å². The first-order valence-electron chi connectivity index (χ1n) is 7.67. The number of aromatic nitrogens is 1. The molecule has 1 saturated heterocycles. The van der Waals surface area contributed by atoms with Crippen LogP contribution in [-0.4, -0.2) is 42.3 Å². The van der Waals surface area contributed by atoms with E-state index in [1.807, 2.05) is 13.0 Å². The second-order valence-electron chi connectivity index (χ2n) is 6.01. The number of amides is 1. The monoisotopic (exact) mass is 352 g/mol. The number of carbonyl (C=O) groups is 1. The minimum absolute atomic E-state index is 0.0821. The number of methoxy groups -OCH3 is 1. The molecule has 2 atom stereocenters. The third-order valence-corrected chi connectivity index (χ3v) is 4.60. The van der Waals surface area contributed by atoms with Gasteiger partial charge in [-0.1, -0.05) is 16.8 Å². The summed E-state index contributed by atoms with van der Waals surface area (Å²) in [6, 6.07) is 5.67. The summed E-state index contributed by atoms with van der Waals surface area (Å²) in [4.78, 5) is 14.3. The SMILES string of the molecule is CO[C@H]1CN(C(=O)c2cc(F)ccc2Cl)C[C@H]1Cc1cc(C)no1. The number of benzene rings is 1. The number of likely N-dealkylation sites (tertiary alicyclic amines) is 1. The Hall–Kier alpha value is -1.92. The highest BCUT2D eigenvalue weighted by molar-refractivity contribution is 6.33. The fourth-order valence-corrected chi connectivity index (χ4v) is 3.27. The van der Waals surface area contributed by atoms with Gasteiger partial charge in [0.05, 0.1) is 22.4 Å². The van der Waals surface area contributed by atoms with E-state index < -0.39 is 5.82 Å². The van der Waals surface area contributed by atoms with Crippen LogP contribution in [0.5, 0.6) is 0 Å². The summed E-state index contributed by atoms with van der Waals surface area (Å²) in [5, 5.41) is 4.12. The molecule has 0 bridgehead atoms. The molecule has 1 aliphatic heterocycles. The van der Waals surface area contributed by atoms with Crippen molar-refractivity contribution >= 4 is 17.5 Å². The standard InChI is InChI=1S/C17H18ClFN2O3/c1-10-5-13(24-20-10)6-11-8-21(9-16(11)23-2)17(22)14-7-12(19)3-4-15(14)18/h3-5,7,11,16H,6,8-9H2,1-2H3/t11-,16+/m1/s1. The van der Waals surface area contributed by atoms with Crippen LogP contribution in [-0.2, 0) is 11.2 Å². The van der Waals surface area contributed by atoms with E-state index in [4.69, 9.17) is 20.9 Å². The molecule has 1 aromatic heterocycles. The zero-order valence-corrected chi connectivity index (χ0v) is 14.2. The third-order valence-electron chi connectivity index (χ3n) is 4.27. The van der Waals surface area contributed by atoms with Crippen molar-refractivity contribution in [3.63, 3.8) is 0 Å². The molecule has 24 heavy (non-hydrogen) atoms. The number of ether oxygens (including phenoxy) is 1. The number of rotatable bonds is 4. The van der Waals surface area contributed by atoms with Gasteiger partial charge in [0.2, 0.25) is 0 Å². The van der Waals surface area contributed by atoms with Crippen LogP contribution in [0.25, 0.3) is 0 Å². The van der Waals surface area contributed by atoms with Crippen LogP contribution in [0, 0.1) is 18.7 Å². The minimum Gasteiger partial charge on any atom is -0.379 e. The highest BCUT2D eigenvalue weighted by Crippen LogP contribution is 2.27. The third kappa shape index (κ3) is 3.44. The van der Waals surface area contributed by atoms with E-state index >= 15 is 0 Å². The molecule has 0 radical (unpaired) electrons. The number of aryl methyl sites for hydroxylation is 1. The van der Waals surface area contributed by atoms with Crippen molar-refractivity contribution in [3.8, 4) is 0 Å². The van der Waals surface area contributed by atoms with Gasteiger partial charge < -0.3 is 14.2 Å². The average Bonchev–Trinajstić information content (AvgIpc) is 3.15. The average molecular weight is 353 g/mol. The van der Waals surface area contributed by atoms with Crippen molar-refractivity contribution in [2.75, 3.05) is 20.2 Å². The van der Waals surface area contributed by atoms with Crippen molar-refractivity contribution in [3.05, 3.63) is 52.1 Å². The molecule has 2 heterocycles. The van der Waals surface area contributed by atoms with Crippen LogP contribution in [0.2, 0.25) is 5.02 Å². The largest absolute Gasteiger partial charge is 0.379 e. The molecule has 1 aromatic carbocycles. The van der Waals surface area contributed by atoms with Crippen molar-refractivity contribution in [2.24, 2.45) is 5.92 Å². The summed E-state index contributed by atoms with van der Waals surface area (Å²) in [6.45, 7) is 2.78. The molecule has 0 N–H and O–H groups in total. The summed E-state index contributed by atoms with van der Waals surface area (Å²) in [5.41, 5.74) is 0.985. The lowest BCUT2D eigenvalue weighted by Crippen LogP contribution is -2.30. The molecule has 7 heteroatoms. The van der Waals surface area contributed by atoms with Crippen LogP contribution < -0.4 is 0 Å². The Bertz CT molecular complexity index is 749. The first kappa shape index (κ1) is 16.9. The van der Waals surface area contributed by atoms with E-state index in [1.165, 1.54) is 18.2 Å². The zero-order chi connectivity index (χ0) is 17.3. The van der Waals surface area contributed by atoms with Crippen LogP contribution in [0.1, 0.15) is 21.8 Å². The molecule has 1 amide bonds. The highest BCUT2D eigenvalue weighted by atomic mass is 35.5. The Morgan fingerprint density at radius 3 is 2.92 bits per heavy atom. The predicted molar refractivity (Wildman–Crippen MR) is 86.5 cm³/mol. The van der Waals surface area contributed by atoms with Gasteiger partial charge in [-0.05, 0) is 25.1 Å². The van der Waals surface area contributed by atoms with E-state index in [2.05, 4.69) is 5.16 Å². The number of hydrogen-bond acceptors (Lipinski definition) is 4. The molecule has 1 aliphatic rings. The molecule has 0 saturated carbocycles. The first-order valence-corrected chi connectivity index (χ1v) is 8.05. The van der Waals surface area contributed by atoms with Crippen LogP contribution in [0.4, 0.5) is 4.39 Å². The maximum absolute atomic E-state index is 13.4. The lowest BCUT2D eigenvalue weighted by atomic mass is 10.0. The lowest BCUT2D eigenvalue weighted by Gasteiger charge is -2.17. The van der Waals surface area contributed by atoms with Gasteiger partial charge in [-0.2, -0.15) is 0 Å². The van der Waals surface area contributed by atoms with E-state index in [0.717, 1.165) is 11.5 Å². The number of carbonyl (C=O) groups excluding carboxylic acids is 1. The van der Waals surface area contributed by atoms with Gasteiger partial charge in [0.25, 0.3) is 5.91 Å². The summed E-state index contributed by atoms with van der Waals surface area (Å²) < 4.78 is 24.2. The van der Waals surface area contributed by atoms with E-state index in [1.54, 1.807) is 12.0 Å². The van der Waals surface area contributed by atoms with E-state index in [9.17, 15) is 9.18 Å². The molecule has 0 spiro atoms. The number of nitrogens with zero attached hydrogens (tertiary/aromatic N) is 2. The van der Waals surface area contributed by atoms with Crippen molar-refractivity contribution in [2.45, 2.75) is 19.4 Å². The van der Waals surface area contributed by atoms with Crippen molar-refractivity contribution in [1.82, 2.24) is 10.1 Å². The Morgan fingerprint density at radius 2 is 2.25 bits per heavy atom. The fraction of sp³-hybridized carbons (Fsp3) is 0.412. The van der Waals surface area contributed by atoms with Crippen LogP contribution >= 0.6 is 11.6 Å². The van der Waals surface area contributed by atoms with Gasteiger partial charge in [-0.15, -0.1) is 0 Å². The quantitative estimate of drug-likeness (QED) is 0.848. The molecule has 1 fully saturated rings. The minimum atomic E-state index is -0.487. The smallest absolute Gasteiger partial charge is 0.255 e. The first-order chi connectivity index (χ1) is 11.5. The molecule has 128 valence electrons. The normalized spacial score (nSPS) is 20.6.